The third kappa shape index (κ3) is 5.28. The fourth-order valence-electron chi connectivity index (χ4n) is 2.95. The van der Waals surface area contributed by atoms with Gasteiger partial charge in [-0.15, -0.1) is 0 Å². The predicted octanol–water partition coefficient (Wildman–Crippen LogP) is 3.49. The van der Waals surface area contributed by atoms with Gasteiger partial charge in [0, 0.05) is 17.7 Å². The van der Waals surface area contributed by atoms with Gasteiger partial charge >= 0.3 is 0 Å². The molecule has 0 bridgehead atoms. The first kappa shape index (κ1) is 20.3. The van der Waals surface area contributed by atoms with Gasteiger partial charge in [-0.05, 0) is 48.7 Å². The Kier molecular flexibility index (Phi) is 6.39. The molecule has 0 saturated carbocycles. The first-order valence-electron chi connectivity index (χ1n) is 9.57. The Balaban J connectivity index is 1.64. The minimum Gasteiger partial charge on any atom is -0.345 e. The van der Waals surface area contributed by atoms with E-state index in [0.717, 1.165) is 16.9 Å². The largest absolute Gasteiger partial charge is 0.345 e. The van der Waals surface area contributed by atoms with Gasteiger partial charge in [0.1, 0.15) is 6.33 Å². The third-order valence-electron chi connectivity index (χ3n) is 4.38. The van der Waals surface area contributed by atoms with Crippen LogP contribution in [0.15, 0.2) is 54.9 Å². The Morgan fingerprint density at radius 3 is 2.55 bits per heavy atom. The number of rotatable bonds is 7. The predicted molar refractivity (Wildman–Crippen MR) is 112 cm³/mol. The minimum absolute atomic E-state index is 0.0273. The maximum absolute atomic E-state index is 12.6. The molecule has 3 aromatic rings. The van der Waals surface area contributed by atoms with Gasteiger partial charge in [0.25, 0.3) is 5.91 Å². The second kappa shape index (κ2) is 9.14. The second-order valence-electron chi connectivity index (χ2n) is 7.28. The number of benzene rings is 2. The molecule has 29 heavy (non-hydrogen) atoms. The van der Waals surface area contributed by atoms with Crippen LogP contribution in [0.25, 0.3) is 5.69 Å². The summed E-state index contributed by atoms with van der Waals surface area (Å²) in [5.74, 6) is 0.688. The highest BCUT2D eigenvalue weighted by Gasteiger charge is 2.12. The van der Waals surface area contributed by atoms with Gasteiger partial charge in [-0.1, -0.05) is 32.0 Å². The lowest BCUT2D eigenvalue weighted by Crippen LogP contribution is -2.25. The molecule has 7 nitrogen and oxygen atoms in total. The van der Waals surface area contributed by atoms with Crippen molar-refractivity contribution in [3.05, 3.63) is 71.8 Å². The standard InChI is InChI=1S/C22H25N5O2/c1-15(2)11-21(28)26-19-10-9-17(12-16(19)3)22(29)23-13-20-24-14-25-27(20)18-7-5-4-6-8-18/h4-10,12,14-15H,11,13H2,1-3H3,(H,23,29)(H,26,28). The quantitative estimate of drug-likeness (QED) is 0.645. The third-order valence-corrected chi connectivity index (χ3v) is 4.38. The van der Waals surface area contributed by atoms with Crippen LogP contribution in [-0.4, -0.2) is 26.6 Å². The van der Waals surface area contributed by atoms with Crippen molar-refractivity contribution in [2.24, 2.45) is 5.92 Å². The van der Waals surface area contributed by atoms with Gasteiger partial charge in [-0.3, -0.25) is 9.59 Å². The molecular weight excluding hydrogens is 366 g/mol. The highest BCUT2D eigenvalue weighted by Crippen LogP contribution is 2.18. The molecule has 0 fully saturated rings. The molecule has 150 valence electrons. The van der Waals surface area contributed by atoms with Crippen molar-refractivity contribution in [1.29, 1.82) is 0 Å². The molecule has 0 aliphatic carbocycles. The van der Waals surface area contributed by atoms with Gasteiger partial charge in [-0.25, -0.2) is 9.67 Å². The number of carbonyl (C=O) groups is 2. The van der Waals surface area contributed by atoms with E-state index in [2.05, 4.69) is 20.7 Å². The zero-order chi connectivity index (χ0) is 20.8. The summed E-state index contributed by atoms with van der Waals surface area (Å²) in [6.07, 6.45) is 1.93. The number of hydrogen-bond acceptors (Lipinski definition) is 4. The van der Waals surface area contributed by atoms with Crippen LogP contribution in [0.2, 0.25) is 0 Å². The highest BCUT2D eigenvalue weighted by atomic mass is 16.2. The van der Waals surface area contributed by atoms with Crippen molar-refractivity contribution >= 4 is 17.5 Å². The molecule has 2 N–H and O–H groups in total. The normalized spacial score (nSPS) is 10.8. The Morgan fingerprint density at radius 2 is 1.86 bits per heavy atom. The second-order valence-corrected chi connectivity index (χ2v) is 7.28. The lowest BCUT2D eigenvalue weighted by Gasteiger charge is -2.12. The molecular formula is C22H25N5O2. The molecule has 2 aromatic carbocycles. The van der Waals surface area contributed by atoms with Crippen LogP contribution < -0.4 is 10.6 Å². The fraction of sp³-hybridized carbons (Fsp3) is 0.273. The number of para-hydroxylation sites is 1. The molecule has 0 spiro atoms. The Morgan fingerprint density at radius 1 is 1.10 bits per heavy atom. The topological polar surface area (TPSA) is 88.9 Å². The van der Waals surface area contributed by atoms with E-state index in [0.29, 0.717) is 23.7 Å². The van der Waals surface area contributed by atoms with Gasteiger partial charge in [0.2, 0.25) is 5.91 Å². The minimum atomic E-state index is -0.212. The zero-order valence-electron chi connectivity index (χ0n) is 16.8. The van der Waals surface area contributed by atoms with Gasteiger partial charge in [0.15, 0.2) is 5.82 Å². The SMILES string of the molecule is Cc1cc(C(=O)NCc2ncnn2-c2ccccc2)ccc1NC(=O)CC(C)C. The van der Waals surface area contributed by atoms with Crippen LogP contribution in [0.5, 0.6) is 0 Å². The molecule has 1 aromatic heterocycles. The maximum atomic E-state index is 12.6. The van der Waals surface area contributed by atoms with Crippen LogP contribution in [0.3, 0.4) is 0 Å². The van der Waals surface area contributed by atoms with Gasteiger partial charge in [0.05, 0.1) is 12.2 Å². The summed E-state index contributed by atoms with van der Waals surface area (Å²) < 4.78 is 1.69. The van der Waals surface area contributed by atoms with E-state index in [-0.39, 0.29) is 18.4 Å². The monoisotopic (exact) mass is 391 g/mol. The van der Waals surface area contributed by atoms with Crippen molar-refractivity contribution in [3.8, 4) is 5.69 Å². The molecule has 0 unspecified atom stereocenters. The Labute approximate surface area is 170 Å². The fourth-order valence-corrected chi connectivity index (χ4v) is 2.95. The van der Waals surface area contributed by atoms with Crippen LogP contribution in [0.4, 0.5) is 5.69 Å². The van der Waals surface area contributed by atoms with Crippen LogP contribution in [-0.2, 0) is 11.3 Å². The average molecular weight is 391 g/mol. The van der Waals surface area contributed by atoms with Crippen molar-refractivity contribution in [3.63, 3.8) is 0 Å². The lowest BCUT2D eigenvalue weighted by atomic mass is 10.1. The van der Waals surface area contributed by atoms with Crippen LogP contribution in [0, 0.1) is 12.8 Å². The number of carbonyl (C=O) groups excluding carboxylic acids is 2. The number of anilines is 1. The van der Waals surface area contributed by atoms with E-state index in [1.807, 2.05) is 51.1 Å². The smallest absolute Gasteiger partial charge is 0.251 e. The number of nitrogens with one attached hydrogen (secondary N) is 2. The zero-order valence-corrected chi connectivity index (χ0v) is 16.8. The van der Waals surface area contributed by atoms with Crippen LogP contribution >= 0.6 is 0 Å². The van der Waals surface area contributed by atoms with E-state index < -0.39 is 0 Å². The van der Waals surface area contributed by atoms with Crippen molar-refractivity contribution in [2.45, 2.75) is 33.7 Å². The Bertz CT molecular complexity index is 995. The Hall–Kier alpha value is -3.48. The van der Waals surface area contributed by atoms with Gasteiger partial charge < -0.3 is 10.6 Å². The summed E-state index contributed by atoms with van der Waals surface area (Å²) in [6.45, 7) is 6.12. The van der Waals surface area contributed by atoms with E-state index in [1.165, 1.54) is 6.33 Å². The van der Waals surface area contributed by atoms with Crippen molar-refractivity contribution < 1.29 is 9.59 Å². The van der Waals surface area contributed by atoms with E-state index in [1.54, 1.807) is 22.9 Å². The lowest BCUT2D eigenvalue weighted by molar-refractivity contribution is -0.116. The van der Waals surface area contributed by atoms with Crippen LogP contribution in [0.1, 0.15) is 42.0 Å². The number of amides is 2. The average Bonchev–Trinajstić information content (AvgIpc) is 3.16. The summed E-state index contributed by atoms with van der Waals surface area (Å²) in [5, 5.41) is 10.00. The number of aryl methyl sites for hydroxylation is 1. The summed E-state index contributed by atoms with van der Waals surface area (Å²) >= 11 is 0. The first-order chi connectivity index (χ1) is 13.9. The molecule has 1 heterocycles. The maximum Gasteiger partial charge on any atom is 0.251 e. The molecule has 0 radical (unpaired) electrons. The van der Waals surface area contributed by atoms with Crippen molar-refractivity contribution in [2.75, 3.05) is 5.32 Å². The molecule has 0 aliphatic heterocycles. The molecule has 0 atom stereocenters. The summed E-state index contributed by atoms with van der Waals surface area (Å²) in [6, 6.07) is 14.9. The van der Waals surface area contributed by atoms with Crippen molar-refractivity contribution in [1.82, 2.24) is 20.1 Å². The summed E-state index contributed by atoms with van der Waals surface area (Å²) in [4.78, 5) is 28.8. The number of nitrogens with zero attached hydrogens (tertiary/aromatic N) is 3. The summed E-state index contributed by atoms with van der Waals surface area (Å²) in [5.41, 5.74) is 2.96. The summed E-state index contributed by atoms with van der Waals surface area (Å²) in [7, 11) is 0. The highest BCUT2D eigenvalue weighted by molar-refractivity contribution is 5.96. The first-order valence-corrected chi connectivity index (χ1v) is 9.57. The van der Waals surface area contributed by atoms with E-state index in [9.17, 15) is 9.59 Å². The molecule has 3 rings (SSSR count). The molecule has 2 amide bonds. The van der Waals surface area contributed by atoms with E-state index in [4.69, 9.17) is 0 Å². The van der Waals surface area contributed by atoms with Gasteiger partial charge in [-0.2, -0.15) is 5.10 Å². The molecule has 0 aliphatic rings. The molecule has 0 saturated heterocycles. The number of aromatic nitrogens is 3. The number of hydrogen-bond donors (Lipinski definition) is 2. The molecule has 7 heteroatoms. The van der Waals surface area contributed by atoms with E-state index >= 15 is 0 Å².